The van der Waals surface area contributed by atoms with Crippen LogP contribution in [0, 0.1) is 5.92 Å². The van der Waals surface area contributed by atoms with Crippen LogP contribution in [0.4, 0.5) is 0 Å². The van der Waals surface area contributed by atoms with Gasteiger partial charge in [-0.3, -0.25) is 4.79 Å². The molecule has 0 radical (unpaired) electrons. The van der Waals surface area contributed by atoms with Crippen LogP contribution in [0.3, 0.4) is 0 Å². The average molecular weight is 330 g/mol. The van der Waals surface area contributed by atoms with Crippen LogP contribution < -0.4 is 10.1 Å². The summed E-state index contributed by atoms with van der Waals surface area (Å²) in [4.78, 5) is 12.0. The van der Waals surface area contributed by atoms with E-state index >= 15 is 0 Å². The van der Waals surface area contributed by atoms with Crippen molar-refractivity contribution in [1.29, 1.82) is 0 Å². The maximum absolute atomic E-state index is 12.0. The molecule has 1 rings (SSSR count). The third kappa shape index (κ3) is 4.51. The van der Waals surface area contributed by atoms with Crippen LogP contribution in [0.15, 0.2) is 22.7 Å². The van der Waals surface area contributed by atoms with Crippen LogP contribution >= 0.6 is 15.9 Å². The fourth-order valence-corrected chi connectivity index (χ4v) is 1.96. The van der Waals surface area contributed by atoms with Gasteiger partial charge in [0.25, 0.3) is 5.91 Å². The Kier molecular flexibility index (Phi) is 6.31. The Balaban J connectivity index is 2.68. The topological polar surface area (TPSA) is 58.6 Å². The first-order chi connectivity index (χ1) is 8.99. The smallest absolute Gasteiger partial charge is 0.255 e. The van der Waals surface area contributed by atoms with Gasteiger partial charge in [0.15, 0.2) is 0 Å². The lowest BCUT2D eigenvalue weighted by molar-refractivity contribution is 0.0847. The molecule has 2 atom stereocenters. The molecule has 19 heavy (non-hydrogen) atoms. The molecule has 0 aromatic heterocycles. The van der Waals surface area contributed by atoms with Crippen molar-refractivity contribution in [3.63, 3.8) is 0 Å². The molecule has 0 saturated carbocycles. The van der Waals surface area contributed by atoms with Crippen molar-refractivity contribution in [1.82, 2.24) is 5.32 Å². The highest BCUT2D eigenvalue weighted by atomic mass is 79.9. The molecule has 0 spiro atoms. The number of amides is 1. The van der Waals surface area contributed by atoms with E-state index in [0.29, 0.717) is 11.3 Å². The van der Waals surface area contributed by atoms with Gasteiger partial charge in [-0.2, -0.15) is 0 Å². The molecule has 0 aliphatic heterocycles. The summed E-state index contributed by atoms with van der Waals surface area (Å²) in [5.74, 6) is 0.420. The standard InChI is InChI=1S/C14H20BrNO3/c1-4-9(2)12(17)8-16-14(18)11-6-5-10(15)7-13(11)19-3/h5-7,9,12,17H,4,8H2,1-3H3,(H,16,18). The summed E-state index contributed by atoms with van der Waals surface area (Å²) in [6, 6.07) is 5.20. The predicted octanol–water partition coefficient (Wildman–Crippen LogP) is 2.59. The Bertz CT molecular complexity index is 437. The first-order valence-electron chi connectivity index (χ1n) is 6.29. The van der Waals surface area contributed by atoms with E-state index < -0.39 is 6.10 Å². The van der Waals surface area contributed by atoms with Crippen molar-refractivity contribution in [3.05, 3.63) is 28.2 Å². The summed E-state index contributed by atoms with van der Waals surface area (Å²) in [6.07, 6.45) is 0.342. The van der Waals surface area contributed by atoms with Gasteiger partial charge < -0.3 is 15.2 Å². The van der Waals surface area contributed by atoms with Crippen molar-refractivity contribution in [2.75, 3.05) is 13.7 Å². The van der Waals surface area contributed by atoms with E-state index in [1.807, 2.05) is 13.8 Å². The molecule has 0 saturated heterocycles. The number of hydrogen-bond acceptors (Lipinski definition) is 3. The Hall–Kier alpha value is -1.07. The summed E-state index contributed by atoms with van der Waals surface area (Å²) >= 11 is 3.33. The Labute approximate surface area is 122 Å². The van der Waals surface area contributed by atoms with Gasteiger partial charge in [0.2, 0.25) is 0 Å². The number of rotatable bonds is 6. The highest BCUT2D eigenvalue weighted by Gasteiger charge is 2.16. The summed E-state index contributed by atoms with van der Waals surface area (Å²) in [5.41, 5.74) is 0.460. The molecule has 0 bridgehead atoms. The van der Waals surface area contributed by atoms with Crippen molar-refractivity contribution < 1.29 is 14.6 Å². The molecular formula is C14H20BrNO3. The lowest BCUT2D eigenvalue weighted by atomic mass is 10.0. The van der Waals surface area contributed by atoms with E-state index in [-0.39, 0.29) is 18.4 Å². The van der Waals surface area contributed by atoms with Gasteiger partial charge in [-0.1, -0.05) is 36.2 Å². The van der Waals surface area contributed by atoms with Gasteiger partial charge in [0.05, 0.1) is 18.8 Å². The van der Waals surface area contributed by atoms with E-state index in [9.17, 15) is 9.90 Å². The highest BCUT2D eigenvalue weighted by molar-refractivity contribution is 9.10. The van der Waals surface area contributed by atoms with Gasteiger partial charge >= 0.3 is 0 Å². The van der Waals surface area contributed by atoms with Crippen LogP contribution in [0.2, 0.25) is 0 Å². The second-order valence-corrected chi connectivity index (χ2v) is 5.42. The zero-order chi connectivity index (χ0) is 14.4. The number of methoxy groups -OCH3 is 1. The minimum Gasteiger partial charge on any atom is -0.496 e. The Morgan fingerprint density at radius 3 is 2.79 bits per heavy atom. The maximum atomic E-state index is 12.0. The SMILES string of the molecule is CCC(C)C(O)CNC(=O)c1ccc(Br)cc1OC. The van der Waals surface area contributed by atoms with E-state index in [1.165, 1.54) is 7.11 Å². The quantitative estimate of drug-likeness (QED) is 0.843. The number of benzene rings is 1. The number of carbonyl (C=O) groups excluding carboxylic acids is 1. The van der Waals surface area contributed by atoms with Crippen molar-refractivity contribution in [3.8, 4) is 5.75 Å². The van der Waals surface area contributed by atoms with E-state index in [4.69, 9.17) is 4.74 Å². The minimum atomic E-state index is -0.532. The van der Waals surface area contributed by atoms with E-state index in [0.717, 1.165) is 10.9 Å². The van der Waals surface area contributed by atoms with Gasteiger partial charge in [0.1, 0.15) is 5.75 Å². The van der Waals surface area contributed by atoms with Crippen molar-refractivity contribution >= 4 is 21.8 Å². The molecule has 5 heteroatoms. The molecule has 4 nitrogen and oxygen atoms in total. The van der Waals surface area contributed by atoms with Gasteiger partial charge in [0, 0.05) is 11.0 Å². The number of halogens is 1. The number of aliphatic hydroxyl groups is 1. The number of hydrogen-bond donors (Lipinski definition) is 2. The number of nitrogens with one attached hydrogen (secondary N) is 1. The van der Waals surface area contributed by atoms with Gasteiger partial charge in [-0.25, -0.2) is 0 Å². The fourth-order valence-electron chi connectivity index (χ4n) is 1.62. The first-order valence-corrected chi connectivity index (χ1v) is 7.08. The molecule has 0 aliphatic rings. The third-order valence-corrected chi connectivity index (χ3v) is 3.67. The zero-order valence-corrected chi connectivity index (χ0v) is 13.0. The Morgan fingerprint density at radius 2 is 2.21 bits per heavy atom. The average Bonchev–Trinajstić information content (AvgIpc) is 2.43. The molecule has 1 aromatic rings. The minimum absolute atomic E-state index is 0.159. The van der Waals surface area contributed by atoms with Crippen molar-refractivity contribution in [2.45, 2.75) is 26.4 Å². The van der Waals surface area contributed by atoms with Crippen molar-refractivity contribution in [2.24, 2.45) is 5.92 Å². The molecule has 0 fully saturated rings. The third-order valence-electron chi connectivity index (χ3n) is 3.18. The number of carbonyl (C=O) groups is 1. The monoisotopic (exact) mass is 329 g/mol. The molecule has 106 valence electrons. The van der Waals surface area contributed by atoms with Crippen LogP contribution in [-0.2, 0) is 0 Å². The first kappa shape index (κ1) is 16.0. The maximum Gasteiger partial charge on any atom is 0.255 e. The lowest BCUT2D eigenvalue weighted by Gasteiger charge is -2.18. The van der Waals surface area contributed by atoms with Crippen LogP contribution in [0.25, 0.3) is 0 Å². The number of aliphatic hydroxyl groups excluding tert-OH is 1. The predicted molar refractivity (Wildman–Crippen MR) is 78.5 cm³/mol. The second-order valence-electron chi connectivity index (χ2n) is 4.51. The zero-order valence-electron chi connectivity index (χ0n) is 11.4. The lowest BCUT2D eigenvalue weighted by Crippen LogP contribution is -2.35. The molecule has 2 unspecified atom stereocenters. The fraction of sp³-hybridized carbons (Fsp3) is 0.500. The summed E-state index contributed by atoms with van der Waals surface area (Å²) in [7, 11) is 1.52. The highest BCUT2D eigenvalue weighted by Crippen LogP contribution is 2.23. The van der Waals surface area contributed by atoms with Gasteiger partial charge in [-0.05, 0) is 24.1 Å². The van der Waals surface area contributed by atoms with E-state index in [2.05, 4.69) is 21.2 Å². The normalized spacial score (nSPS) is 13.7. The Morgan fingerprint density at radius 1 is 1.53 bits per heavy atom. The van der Waals surface area contributed by atoms with Crippen LogP contribution in [0.1, 0.15) is 30.6 Å². The second kappa shape index (κ2) is 7.50. The largest absolute Gasteiger partial charge is 0.496 e. The van der Waals surface area contributed by atoms with E-state index in [1.54, 1.807) is 18.2 Å². The van der Waals surface area contributed by atoms with Gasteiger partial charge in [-0.15, -0.1) is 0 Å². The molecule has 2 N–H and O–H groups in total. The molecule has 0 heterocycles. The molecular weight excluding hydrogens is 310 g/mol. The molecule has 0 aliphatic carbocycles. The van der Waals surface area contributed by atoms with Crippen LogP contribution in [0.5, 0.6) is 5.75 Å². The van der Waals surface area contributed by atoms with Crippen LogP contribution in [-0.4, -0.2) is 30.8 Å². The summed E-state index contributed by atoms with van der Waals surface area (Å²) in [6.45, 7) is 4.21. The summed E-state index contributed by atoms with van der Waals surface area (Å²) < 4.78 is 6.02. The molecule has 1 amide bonds. The summed E-state index contributed by atoms with van der Waals surface area (Å²) in [5, 5.41) is 12.6. The number of ether oxygens (including phenoxy) is 1. The molecule has 1 aromatic carbocycles.